The third-order valence-corrected chi connectivity index (χ3v) is 6.43. The molecule has 0 aromatic heterocycles. The molecule has 0 saturated carbocycles. The monoisotopic (exact) mass is 453 g/mol. The van der Waals surface area contributed by atoms with Crippen LogP contribution in [-0.4, -0.2) is 37.2 Å². The molecule has 8 heteroatoms. The van der Waals surface area contributed by atoms with E-state index >= 15 is 0 Å². The predicted molar refractivity (Wildman–Crippen MR) is 119 cm³/mol. The molecule has 0 spiro atoms. The largest absolute Gasteiger partial charge is 1.00 e. The van der Waals surface area contributed by atoms with E-state index in [9.17, 15) is 9.59 Å². The van der Waals surface area contributed by atoms with E-state index in [0.717, 1.165) is 56.8 Å². The van der Waals surface area contributed by atoms with Crippen molar-refractivity contribution in [2.45, 2.75) is 38.9 Å². The fraction of sp³-hybridized carbons (Fsp3) is 0.391. The molecule has 1 heterocycles. The first kappa shape index (κ1) is 25.6. The van der Waals surface area contributed by atoms with Crippen LogP contribution in [0.25, 0.3) is 0 Å². The Balaban J connectivity index is 0.00000256. The Hall–Kier alpha value is -1.67. The molecule has 31 heavy (non-hydrogen) atoms. The third kappa shape index (κ3) is 5.77. The van der Waals surface area contributed by atoms with E-state index in [-0.39, 0.29) is 47.4 Å². The molecule has 1 saturated heterocycles. The van der Waals surface area contributed by atoms with E-state index in [1.165, 1.54) is 0 Å². The maximum atomic E-state index is 11.7. The van der Waals surface area contributed by atoms with E-state index in [2.05, 4.69) is 5.32 Å². The van der Waals surface area contributed by atoms with Gasteiger partial charge in [-0.15, -0.1) is 0 Å². The summed E-state index contributed by atoms with van der Waals surface area (Å²) >= 11 is 1.04. The van der Waals surface area contributed by atoms with Crippen molar-refractivity contribution in [3.63, 3.8) is 0 Å². The van der Waals surface area contributed by atoms with Crippen molar-refractivity contribution in [2.24, 2.45) is 0 Å². The molecule has 0 aliphatic carbocycles. The molecule has 3 rings (SSSR count). The number of imide groups is 1. The quantitative estimate of drug-likeness (QED) is 0.607. The average Bonchev–Trinajstić information content (AvgIpc) is 3.04. The Bertz CT molecular complexity index is 968. The fourth-order valence-electron chi connectivity index (χ4n) is 3.77. The van der Waals surface area contributed by atoms with Gasteiger partial charge in [0.1, 0.15) is 17.2 Å². The first-order valence-electron chi connectivity index (χ1n) is 9.79. The number of ether oxygens (including phenoxy) is 3. The molecule has 2 aromatic carbocycles. The number of nitrogens with one attached hydrogen (secondary N) is 1. The smallest absolute Gasteiger partial charge is 1.00 e. The van der Waals surface area contributed by atoms with Crippen LogP contribution in [0.3, 0.4) is 0 Å². The molecule has 1 fully saturated rings. The summed E-state index contributed by atoms with van der Waals surface area (Å²) in [6, 6.07) is 7.63. The second-order valence-corrected chi connectivity index (χ2v) is 8.43. The molecule has 1 N–H and O–H groups in total. The van der Waals surface area contributed by atoms with Crippen LogP contribution in [0.5, 0.6) is 17.2 Å². The minimum Gasteiger partial charge on any atom is -1.00 e. The zero-order valence-corrected chi connectivity index (χ0v) is 21.8. The number of methoxy groups -OCH3 is 2. The fourth-order valence-corrected chi connectivity index (χ4v) is 4.63. The van der Waals surface area contributed by atoms with Crippen LogP contribution in [0.4, 0.5) is 4.79 Å². The van der Waals surface area contributed by atoms with Gasteiger partial charge in [-0.1, -0.05) is 23.9 Å². The van der Waals surface area contributed by atoms with Gasteiger partial charge in [-0.2, -0.15) is 0 Å². The summed E-state index contributed by atoms with van der Waals surface area (Å²) in [5.74, 6) is 2.30. The molecule has 162 valence electrons. The van der Waals surface area contributed by atoms with Gasteiger partial charge < -0.3 is 15.6 Å². The predicted octanol–water partition coefficient (Wildman–Crippen LogP) is 1.26. The van der Waals surface area contributed by atoms with Gasteiger partial charge in [0.2, 0.25) is 5.91 Å². The minimum atomic E-state index is -0.362. The molecule has 1 aliphatic heterocycles. The van der Waals surface area contributed by atoms with Gasteiger partial charge >= 0.3 is 29.6 Å². The standard InChI is InChI=1S/C23H27NO5S.Na.H/c1-13-14(2)21(28-5)18(15(3)20(13)27-4)10-11-29-17-8-6-16(7-9-17)12-19-22(25)24-23(26)30-19;;/h6-9,19H,10-12H2,1-5H3,(H,24,25,26);;/q;+1;-1. The number of hydrogen-bond donors (Lipinski definition) is 1. The Labute approximate surface area is 211 Å². The molecule has 0 bridgehead atoms. The Morgan fingerprint density at radius 1 is 0.968 bits per heavy atom. The van der Waals surface area contributed by atoms with Crippen molar-refractivity contribution >= 4 is 22.9 Å². The normalized spacial score (nSPS) is 15.3. The van der Waals surface area contributed by atoms with Crippen LogP contribution in [0.15, 0.2) is 24.3 Å². The van der Waals surface area contributed by atoms with Crippen LogP contribution in [0.2, 0.25) is 0 Å². The molecule has 0 radical (unpaired) electrons. The van der Waals surface area contributed by atoms with Crippen LogP contribution >= 0.6 is 11.8 Å². The maximum absolute atomic E-state index is 11.7. The molecule has 2 amide bonds. The van der Waals surface area contributed by atoms with Gasteiger partial charge in [0.05, 0.1) is 26.1 Å². The third-order valence-electron chi connectivity index (χ3n) is 5.45. The molecular formula is C23H28NNaO5S. The molecule has 2 aromatic rings. The number of benzene rings is 2. The zero-order chi connectivity index (χ0) is 21.8. The summed E-state index contributed by atoms with van der Waals surface area (Å²) in [7, 11) is 3.37. The van der Waals surface area contributed by atoms with Gasteiger partial charge in [-0.05, 0) is 61.6 Å². The summed E-state index contributed by atoms with van der Waals surface area (Å²) in [6.45, 7) is 6.61. The first-order chi connectivity index (χ1) is 14.3. The first-order valence-corrected chi connectivity index (χ1v) is 10.7. The van der Waals surface area contributed by atoms with Crippen LogP contribution in [0, 0.1) is 20.8 Å². The molecule has 1 unspecified atom stereocenters. The molecule has 1 aliphatic rings. The van der Waals surface area contributed by atoms with Crippen molar-refractivity contribution in [1.29, 1.82) is 0 Å². The summed E-state index contributed by atoms with van der Waals surface area (Å²) in [6.07, 6.45) is 1.20. The van der Waals surface area contributed by atoms with Crippen molar-refractivity contribution in [1.82, 2.24) is 5.32 Å². The zero-order valence-electron chi connectivity index (χ0n) is 20.0. The number of thioether (sulfide) groups is 1. The van der Waals surface area contributed by atoms with E-state index in [1.807, 2.05) is 45.0 Å². The van der Waals surface area contributed by atoms with E-state index < -0.39 is 0 Å². The minimum absolute atomic E-state index is 0. The van der Waals surface area contributed by atoms with Crippen LogP contribution < -0.4 is 49.1 Å². The van der Waals surface area contributed by atoms with E-state index in [1.54, 1.807) is 14.2 Å². The summed E-state index contributed by atoms with van der Waals surface area (Å²) in [4.78, 5) is 23.0. The maximum Gasteiger partial charge on any atom is 1.00 e. The Kier molecular flexibility index (Phi) is 9.30. The molecular weight excluding hydrogens is 425 g/mol. The second-order valence-electron chi connectivity index (χ2n) is 7.25. The van der Waals surface area contributed by atoms with Gasteiger partial charge in [0, 0.05) is 12.0 Å². The summed E-state index contributed by atoms with van der Waals surface area (Å²) in [5.41, 5.74) is 5.30. The van der Waals surface area contributed by atoms with Gasteiger partial charge in [-0.3, -0.25) is 14.9 Å². The van der Waals surface area contributed by atoms with E-state index in [0.29, 0.717) is 19.4 Å². The molecule has 1 atom stereocenters. The number of rotatable bonds is 8. The Morgan fingerprint density at radius 3 is 2.13 bits per heavy atom. The summed E-state index contributed by atoms with van der Waals surface area (Å²) in [5, 5.41) is 1.67. The van der Waals surface area contributed by atoms with Crippen molar-refractivity contribution in [2.75, 3.05) is 20.8 Å². The van der Waals surface area contributed by atoms with Crippen molar-refractivity contribution in [3.8, 4) is 17.2 Å². The van der Waals surface area contributed by atoms with Gasteiger partial charge in [0.15, 0.2) is 0 Å². The van der Waals surface area contributed by atoms with Crippen LogP contribution in [-0.2, 0) is 17.6 Å². The van der Waals surface area contributed by atoms with Crippen molar-refractivity contribution in [3.05, 3.63) is 52.1 Å². The molecule has 6 nitrogen and oxygen atoms in total. The second kappa shape index (κ2) is 11.3. The number of amides is 2. The van der Waals surface area contributed by atoms with Gasteiger partial charge in [0.25, 0.3) is 5.24 Å². The Morgan fingerprint density at radius 2 is 1.58 bits per heavy atom. The number of hydrogen-bond acceptors (Lipinski definition) is 6. The number of carbonyl (C=O) groups is 2. The van der Waals surface area contributed by atoms with E-state index in [4.69, 9.17) is 14.2 Å². The number of carbonyl (C=O) groups excluding carboxylic acids is 2. The van der Waals surface area contributed by atoms with Crippen molar-refractivity contribution < 1.29 is 54.8 Å². The topological polar surface area (TPSA) is 73.9 Å². The summed E-state index contributed by atoms with van der Waals surface area (Å²) < 4.78 is 17.2. The van der Waals surface area contributed by atoms with Crippen LogP contribution in [0.1, 0.15) is 29.2 Å². The average molecular weight is 454 g/mol. The SMILES string of the molecule is COc1c(C)c(C)c(OC)c(CCOc2ccc(CC3SC(=O)NC3=O)cc2)c1C.[H-].[Na+]. The van der Waals surface area contributed by atoms with Gasteiger partial charge in [-0.25, -0.2) is 0 Å².